The van der Waals surface area contributed by atoms with Gasteiger partial charge in [0.15, 0.2) is 11.5 Å². The third-order valence-corrected chi connectivity index (χ3v) is 5.30. The van der Waals surface area contributed by atoms with E-state index in [2.05, 4.69) is 22.1 Å². The fraction of sp³-hybridized carbons (Fsp3) is 0.192. The molecule has 1 fully saturated rings. The second-order valence-corrected chi connectivity index (χ2v) is 7.48. The van der Waals surface area contributed by atoms with Crippen molar-refractivity contribution in [2.45, 2.75) is 6.42 Å². The van der Waals surface area contributed by atoms with Crippen molar-refractivity contribution in [2.24, 2.45) is 5.92 Å². The van der Waals surface area contributed by atoms with Crippen LogP contribution in [-0.4, -0.2) is 37.6 Å². The molecule has 1 unspecified atom stereocenters. The molecule has 1 N–H and O–H groups in total. The van der Waals surface area contributed by atoms with Gasteiger partial charge in [-0.3, -0.25) is 9.59 Å². The van der Waals surface area contributed by atoms with E-state index in [1.54, 1.807) is 55.6 Å². The maximum absolute atomic E-state index is 12.9. The number of benzene rings is 2. The molecule has 3 aromatic rings. The van der Waals surface area contributed by atoms with Crippen LogP contribution in [0.5, 0.6) is 11.5 Å². The monoisotopic (exact) mass is 441 g/mol. The molecule has 0 bridgehead atoms. The molecule has 0 saturated carbocycles. The van der Waals surface area contributed by atoms with Gasteiger partial charge in [0, 0.05) is 42.2 Å². The zero-order valence-corrected chi connectivity index (χ0v) is 18.4. The number of hydrogen-bond acceptors (Lipinski definition) is 5. The number of pyridine rings is 1. The molecule has 2 aromatic carbocycles. The first-order valence-electron chi connectivity index (χ1n) is 10.4. The van der Waals surface area contributed by atoms with E-state index in [9.17, 15) is 9.59 Å². The van der Waals surface area contributed by atoms with Crippen LogP contribution in [0.2, 0.25) is 0 Å². The summed E-state index contributed by atoms with van der Waals surface area (Å²) in [5.41, 5.74) is 2.73. The Morgan fingerprint density at radius 3 is 2.64 bits per heavy atom. The molecule has 7 nitrogen and oxygen atoms in total. The lowest BCUT2D eigenvalue weighted by molar-refractivity contribution is -0.122. The van der Waals surface area contributed by atoms with Crippen LogP contribution in [0, 0.1) is 17.8 Å². The van der Waals surface area contributed by atoms with Crippen LogP contribution < -0.4 is 19.7 Å². The minimum atomic E-state index is -0.464. The van der Waals surface area contributed by atoms with E-state index in [0.717, 1.165) is 5.56 Å². The molecule has 0 spiro atoms. The Labute approximate surface area is 192 Å². The van der Waals surface area contributed by atoms with Gasteiger partial charge in [0.25, 0.3) is 0 Å². The SMILES string of the molecule is COc1ccc(N2CC(C(=O)Nc3cccc(C#Cc4ccccn4)c3)CC2=O)cc1OC. The fourth-order valence-electron chi connectivity index (χ4n) is 3.62. The third kappa shape index (κ3) is 5.13. The van der Waals surface area contributed by atoms with Gasteiger partial charge in [0.1, 0.15) is 5.69 Å². The molecular weight excluding hydrogens is 418 g/mol. The van der Waals surface area contributed by atoms with Crippen LogP contribution in [-0.2, 0) is 9.59 Å². The van der Waals surface area contributed by atoms with E-state index >= 15 is 0 Å². The molecule has 1 aromatic heterocycles. The second-order valence-electron chi connectivity index (χ2n) is 7.48. The lowest BCUT2D eigenvalue weighted by Crippen LogP contribution is -2.28. The van der Waals surface area contributed by atoms with Crippen LogP contribution in [0.25, 0.3) is 0 Å². The van der Waals surface area contributed by atoms with Crippen molar-refractivity contribution < 1.29 is 19.1 Å². The van der Waals surface area contributed by atoms with Crippen molar-refractivity contribution in [2.75, 3.05) is 31.0 Å². The normalized spacial score (nSPS) is 14.9. The summed E-state index contributed by atoms with van der Waals surface area (Å²) in [4.78, 5) is 31.3. The maximum Gasteiger partial charge on any atom is 0.229 e. The molecule has 33 heavy (non-hydrogen) atoms. The van der Waals surface area contributed by atoms with Crippen molar-refractivity contribution in [3.63, 3.8) is 0 Å². The van der Waals surface area contributed by atoms with E-state index in [-0.39, 0.29) is 18.2 Å². The lowest BCUT2D eigenvalue weighted by Gasteiger charge is -2.18. The first-order valence-corrected chi connectivity index (χ1v) is 10.4. The van der Waals surface area contributed by atoms with E-state index in [4.69, 9.17) is 9.47 Å². The molecule has 2 heterocycles. The van der Waals surface area contributed by atoms with Gasteiger partial charge >= 0.3 is 0 Å². The van der Waals surface area contributed by atoms with Gasteiger partial charge in [-0.2, -0.15) is 0 Å². The number of amides is 2. The highest BCUT2D eigenvalue weighted by Crippen LogP contribution is 2.34. The van der Waals surface area contributed by atoms with Crippen molar-refractivity contribution in [3.8, 4) is 23.3 Å². The van der Waals surface area contributed by atoms with Crippen LogP contribution in [0.15, 0.2) is 66.9 Å². The molecule has 1 saturated heterocycles. The van der Waals surface area contributed by atoms with Gasteiger partial charge in [-0.15, -0.1) is 0 Å². The molecule has 0 aliphatic carbocycles. The number of methoxy groups -OCH3 is 2. The maximum atomic E-state index is 12.9. The number of carbonyl (C=O) groups excluding carboxylic acids is 2. The Morgan fingerprint density at radius 1 is 1.03 bits per heavy atom. The molecular formula is C26H23N3O4. The zero-order chi connectivity index (χ0) is 23.2. The second kappa shape index (κ2) is 9.88. The Morgan fingerprint density at radius 2 is 1.88 bits per heavy atom. The van der Waals surface area contributed by atoms with Gasteiger partial charge in [-0.1, -0.05) is 18.1 Å². The summed E-state index contributed by atoms with van der Waals surface area (Å²) in [6, 6.07) is 18.1. The van der Waals surface area contributed by atoms with E-state index in [0.29, 0.717) is 35.1 Å². The molecule has 1 atom stereocenters. The van der Waals surface area contributed by atoms with Crippen molar-refractivity contribution in [1.29, 1.82) is 0 Å². The number of ether oxygens (including phenoxy) is 2. The number of rotatable bonds is 5. The van der Waals surface area contributed by atoms with Crippen LogP contribution in [0.1, 0.15) is 17.7 Å². The zero-order valence-electron chi connectivity index (χ0n) is 18.4. The predicted molar refractivity (Wildman–Crippen MR) is 125 cm³/mol. The average molecular weight is 441 g/mol. The van der Waals surface area contributed by atoms with Crippen molar-refractivity contribution in [3.05, 3.63) is 78.1 Å². The minimum absolute atomic E-state index is 0.114. The summed E-state index contributed by atoms with van der Waals surface area (Å²) in [6.07, 6.45) is 1.83. The Kier molecular flexibility index (Phi) is 6.56. The minimum Gasteiger partial charge on any atom is -0.493 e. The Bertz CT molecular complexity index is 1230. The number of hydrogen-bond donors (Lipinski definition) is 1. The largest absolute Gasteiger partial charge is 0.493 e. The summed E-state index contributed by atoms with van der Waals surface area (Å²) in [5, 5.41) is 2.91. The third-order valence-electron chi connectivity index (χ3n) is 5.30. The smallest absolute Gasteiger partial charge is 0.229 e. The summed E-state index contributed by atoms with van der Waals surface area (Å²) in [5.74, 6) is 6.37. The van der Waals surface area contributed by atoms with Gasteiger partial charge in [-0.25, -0.2) is 4.98 Å². The number of anilines is 2. The first-order chi connectivity index (χ1) is 16.1. The van der Waals surface area contributed by atoms with Gasteiger partial charge in [0.2, 0.25) is 11.8 Å². The number of nitrogens with zero attached hydrogens (tertiary/aromatic N) is 2. The summed E-state index contributed by atoms with van der Waals surface area (Å²) < 4.78 is 10.6. The average Bonchev–Trinajstić information content (AvgIpc) is 3.25. The highest BCUT2D eigenvalue weighted by molar-refractivity contribution is 6.03. The highest BCUT2D eigenvalue weighted by Gasteiger charge is 2.35. The van der Waals surface area contributed by atoms with Crippen molar-refractivity contribution >= 4 is 23.2 Å². The predicted octanol–water partition coefficient (Wildman–Crippen LogP) is 3.49. The van der Waals surface area contributed by atoms with Crippen molar-refractivity contribution in [1.82, 2.24) is 4.98 Å². The molecule has 2 amide bonds. The standard InChI is InChI=1S/C26H23N3O4/c1-32-23-12-11-22(16-24(23)33-2)29-17-19(15-25(29)30)26(31)28-21-8-5-6-18(14-21)9-10-20-7-3-4-13-27-20/h3-8,11-14,16,19H,15,17H2,1-2H3,(H,28,31). The fourth-order valence-corrected chi connectivity index (χ4v) is 3.62. The summed E-state index contributed by atoms with van der Waals surface area (Å²) in [6.45, 7) is 0.291. The number of nitrogens with one attached hydrogen (secondary N) is 1. The van der Waals surface area contributed by atoms with E-state index in [1.807, 2.05) is 30.3 Å². The molecule has 0 radical (unpaired) electrons. The molecule has 166 valence electrons. The molecule has 1 aliphatic heterocycles. The van der Waals surface area contributed by atoms with Gasteiger partial charge in [0.05, 0.1) is 20.1 Å². The van der Waals surface area contributed by atoms with E-state index in [1.165, 1.54) is 0 Å². The van der Waals surface area contributed by atoms with Crippen LogP contribution >= 0.6 is 0 Å². The molecule has 4 rings (SSSR count). The first kappa shape index (κ1) is 21.9. The molecule has 1 aliphatic rings. The molecule has 7 heteroatoms. The van der Waals surface area contributed by atoms with Gasteiger partial charge in [-0.05, 0) is 48.4 Å². The Hall–Kier alpha value is -4.31. The van der Waals surface area contributed by atoms with Gasteiger partial charge < -0.3 is 19.7 Å². The van der Waals surface area contributed by atoms with Crippen LogP contribution in [0.3, 0.4) is 0 Å². The summed E-state index contributed by atoms with van der Waals surface area (Å²) >= 11 is 0. The van der Waals surface area contributed by atoms with Crippen LogP contribution in [0.4, 0.5) is 11.4 Å². The number of aromatic nitrogens is 1. The van der Waals surface area contributed by atoms with E-state index < -0.39 is 5.92 Å². The highest BCUT2D eigenvalue weighted by atomic mass is 16.5. The lowest BCUT2D eigenvalue weighted by atomic mass is 10.1. The quantitative estimate of drug-likeness (QED) is 0.613. The summed E-state index contributed by atoms with van der Waals surface area (Å²) in [7, 11) is 3.09. The topological polar surface area (TPSA) is 80.8 Å². The number of carbonyl (C=O) groups is 2. The Balaban J connectivity index is 1.44.